The van der Waals surface area contributed by atoms with Gasteiger partial charge in [-0.05, 0) is 17.0 Å². The predicted octanol–water partition coefficient (Wildman–Crippen LogP) is 2.31. The van der Waals surface area contributed by atoms with Crippen LogP contribution in [0.15, 0.2) is 47.6 Å². The van der Waals surface area contributed by atoms with Crippen LogP contribution in [0.3, 0.4) is 0 Å². The molecule has 12 nitrogen and oxygen atoms in total. The summed E-state index contributed by atoms with van der Waals surface area (Å²) in [5.41, 5.74) is 8.43. The van der Waals surface area contributed by atoms with E-state index in [-0.39, 0.29) is 29.7 Å². The van der Waals surface area contributed by atoms with Crippen LogP contribution >= 0.6 is 0 Å². The van der Waals surface area contributed by atoms with E-state index in [2.05, 4.69) is 56.3 Å². The lowest BCUT2D eigenvalue weighted by atomic mass is 9.76. The number of hydrogen-bond donors (Lipinski definition) is 2. The fraction of sp³-hybridized carbons (Fsp3) is 0.375. The number of nitrogens with two attached hydrogens (primary N) is 1. The number of nitrogens with one attached hydrogen (secondary N) is 1. The second kappa shape index (κ2) is 10.6. The van der Waals surface area contributed by atoms with Crippen LogP contribution in [0.2, 0.25) is 0 Å². The number of carbonyl (C=O) groups excluding carboxylic acids is 1. The van der Waals surface area contributed by atoms with Crippen LogP contribution in [0, 0.1) is 5.41 Å². The predicted molar refractivity (Wildman–Crippen MR) is 131 cm³/mol. The van der Waals surface area contributed by atoms with Crippen molar-refractivity contribution in [3.8, 4) is 22.7 Å². The molecular formula is C24H29N9O3. The van der Waals surface area contributed by atoms with Crippen molar-refractivity contribution >= 4 is 11.9 Å². The number of nitrogens with zero attached hydrogens (tertiary/aromatic N) is 7. The van der Waals surface area contributed by atoms with Gasteiger partial charge in [0.15, 0.2) is 5.82 Å². The minimum Gasteiger partial charge on any atom is -0.383 e. The van der Waals surface area contributed by atoms with Crippen LogP contribution in [0.4, 0.5) is 5.95 Å². The van der Waals surface area contributed by atoms with E-state index >= 15 is 0 Å². The third kappa shape index (κ3) is 5.89. The number of anilines is 1. The van der Waals surface area contributed by atoms with Crippen LogP contribution in [-0.4, -0.2) is 61.0 Å². The lowest BCUT2D eigenvalue weighted by Gasteiger charge is -2.28. The van der Waals surface area contributed by atoms with Gasteiger partial charge in [0.25, 0.3) is 5.89 Å². The topological polar surface area (TPSA) is 160 Å². The van der Waals surface area contributed by atoms with Crippen molar-refractivity contribution in [2.24, 2.45) is 5.41 Å². The van der Waals surface area contributed by atoms with Gasteiger partial charge in [-0.2, -0.15) is 10.1 Å². The zero-order valence-corrected chi connectivity index (χ0v) is 20.7. The molecule has 4 aromatic heterocycles. The van der Waals surface area contributed by atoms with Crippen molar-refractivity contribution in [1.29, 1.82) is 0 Å². The number of hydrogen-bond acceptors (Lipinski definition) is 10. The Hall–Kier alpha value is -4.19. The average Bonchev–Trinajstić information content (AvgIpc) is 3.49. The lowest BCUT2D eigenvalue weighted by molar-refractivity contribution is -0.122. The zero-order valence-electron chi connectivity index (χ0n) is 20.7. The Kier molecular flexibility index (Phi) is 7.34. The number of aromatic nitrogens is 7. The number of ether oxygens (including phenoxy) is 1. The van der Waals surface area contributed by atoms with Gasteiger partial charge in [-0.25, -0.2) is 9.97 Å². The van der Waals surface area contributed by atoms with Crippen LogP contribution in [-0.2, 0) is 16.1 Å². The molecule has 0 aromatic carbocycles. The van der Waals surface area contributed by atoms with E-state index in [1.165, 1.54) is 4.68 Å². The van der Waals surface area contributed by atoms with E-state index in [0.717, 1.165) is 16.8 Å². The summed E-state index contributed by atoms with van der Waals surface area (Å²) in [6.07, 6.45) is 8.37. The van der Waals surface area contributed by atoms with Crippen LogP contribution in [0.25, 0.3) is 22.7 Å². The minimum absolute atomic E-state index is 0.0758. The first-order valence-electron chi connectivity index (χ1n) is 11.4. The van der Waals surface area contributed by atoms with Crippen molar-refractivity contribution in [3.05, 3.63) is 54.5 Å². The van der Waals surface area contributed by atoms with Crippen molar-refractivity contribution in [3.63, 3.8) is 0 Å². The summed E-state index contributed by atoms with van der Waals surface area (Å²) in [5, 5.41) is 11.3. The molecule has 0 aliphatic heterocycles. The molecule has 0 saturated heterocycles. The van der Waals surface area contributed by atoms with Gasteiger partial charge in [0.1, 0.15) is 6.54 Å². The van der Waals surface area contributed by atoms with Gasteiger partial charge in [-0.1, -0.05) is 32.0 Å². The summed E-state index contributed by atoms with van der Waals surface area (Å²) in [5.74, 6) is 0.733. The molecule has 0 radical (unpaired) electrons. The van der Waals surface area contributed by atoms with Gasteiger partial charge in [0, 0.05) is 44.0 Å². The number of nitrogen functional groups attached to an aromatic ring is 1. The summed E-state index contributed by atoms with van der Waals surface area (Å²) >= 11 is 0. The smallest absolute Gasteiger partial charge is 0.261 e. The Labute approximate surface area is 208 Å². The first-order valence-corrected chi connectivity index (χ1v) is 11.4. The molecule has 188 valence electrons. The Morgan fingerprint density at radius 2 is 1.92 bits per heavy atom. The van der Waals surface area contributed by atoms with Crippen molar-refractivity contribution in [2.75, 3.05) is 26.0 Å². The Balaban J connectivity index is 1.52. The molecule has 0 aliphatic rings. The first-order chi connectivity index (χ1) is 17.2. The van der Waals surface area contributed by atoms with Crippen LogP contribution < -0.4 is 11.1 Å². The molecule has 4 heterocycles. The van der Waals surface area contributed by atoms with Crippen LogP contribution in [0.1, 0.15) is 38.1 Å². The number of amides is 1. The molecule has 0 saturated carbocycles. The number of pyridine rings is 1. The van der Waals surface area contributed by atoms with E-state index in [4.69, 9.17) is 15.0 Å². The van der Waals surface area contributed by atoms with Crippen molar-refractivity contribution < 1.29 is 14.1 Å². The quantitative estimate of drug-likeness (QED) is 0.333. The molecular weight excluding hydrogens is 462 g/mol. The van der Waals surface area contributed by atoms with E-state index < -0.39 is 0 Å². The highest BCUT2D eigenvalue weighted by molar-refractivity contribution is 5.75. The maximum Gasteiger partial charge on any atom is 0.261 e. The molecule has 1 unspecified atom stereocenters. The fourth-order valence-electron chi connectivity index (χ4n) is 3.78. The Bertz CT molecular complexity index is 1290. The van der Waals surface area contributed by atoms with Gasteiger partial charge in [0.05, 0.1) is 30.0 Å². The molecule has 0 bridgehead atoms. The second-order valence-corrected chi connectivity index (χ2v) is 9.33. The molecule has 4 aromatic rings. The summed E-state index contributed by atoms with van der Waals surface area (Å²) in [7, 11) is 1.58. The summed E-state index contributed by atoms with van der Waals surface area (Å²) in [6.45, 7) is 7.28. The molecule has 36 heavy (non-hydrogen) atoms. The molecule has 12 heteroatoms. The Morgan fingerprint density at radius 3 is 2.58 bits per heavy atom. The lowest BCUT2D eigenvalue weighted by Crippen LogP contribution is -2.30. The summed E-state index contributed by atoms with van der Waals surface area (Å²) in [4.78, 5) is 29.3. The van der Waals surface area contributed by atoms with Gasteiger partial charge < -0.3 is 20.3 Å². The second-order valence-electron chi connectivity index (χ2n) is 9.33. The fourth-order valence-corrected chi connectivity index (χ4v) is 3.78. The van der Waals surface area contributed by atoms with E-state index in [1.807, 2.05) is 12.1 Å². The molecule has 0 spiro atoms. The van der Waals surface area contributed by atoms with Crippen molar-refractivity contribution in [1.82, 2.24) is 40.2 Å². The maximum atomic E-state index is 12.0. The molecule has 4 rings (SSSR count). The highest BCUT2D eigenvalue weighted by Crippen LogP contribution is 2.39. The highest BCUT2D eigenvalue weighted by Gasteiger charge is 2.33. The SMILES string of the molecule is COCCNC(=O)Cn1cc(-c2nc(C(c3ccc(-c4cnc(N)nc4)nc3)C(C)(C)C)no2)cn1. The third-order valence-corrected chi connectivity index (χ3v) is 5.47. The standard InChI is InChI=1S/C24H29N9O3/c1-24(2,3)20(15-5-6-18(27-9-15)16-10-28-23(25)29-11-16)21-31-22(36-32-21)17-12-30-33(13-17)14-19(34)26-7-8-35-4/h5-6,9-13,20H,7-8,14H2,1-4H3,(H,26,34)(H2,25,28,29). The van der Waals surface area contributed by atoms with E-state index in [1.54, 1.807) is 38.1 Å². The Morgan fingerprint density at radius 1 is 1.14 bits per heavy atom. The molecule has 0 fully saturated rings. The van der Waals surface area contributed by atoms with Gasteiger partial charge in [-0.15, -0.1) is 0 Å². The molecule has 3 N–H and O–H groups in total. The van der Waals surface area contributed by atoms with Crippen molar-refractivity contribution in [2.45, 2.75) is 33.2 Å². The number of carbonyl (C=O) groups is 1. The minimum atomic E-state index is -0.223. The molecule has 1 amide bonds. The van der Waals surface area contributed by atoms with E-state index in [0.29, 0.717) is 30.4 Å². The summed E-state index contributed by atoms with van der Waals surface area (Å²) in [6, 6.07) is 3.90. The molecule has 1 atom stereocenters. The third-order valence-electron chi connectivity index (χ3n) is 5.47. The normalized spacial score (nSPS) is 12.4. The summed E-state index contributed by atoms with van der Waals surface area (Å²) < 4.78 is 12.0. The zero-order chi connectivity index (χ0) is 25.7. The largest absolute Gasteiger partial charge is 0.383 e. The molecule has 0 aliphatic carbocycles. The van der Waals surface area contributed by atoms with Gasteiger partial charge >= 0.3 is 0 Å². The first kappa shape index (κ1) is 24.9. The van der Waals surface area contributed by atoms with Gasteiger partial charge in [-0.3, -0.25) is 14.5 Å². The maximum absolute atomic E-state index is 12.0. The highest BCUT2D eigenvalue weighted by atomic mass is 16.5. The number of methoxy groups -OCH3 is 1. The monoisotopic (exact) mass is 491 g/mol. The van der Waals surface area contributed by atoms with Gasteiger partial charge in [0.2, 0.25) is 11.9 Å². The number of rotatable bonds is 9. The van der Waals surface area contributed by atoms with E-state index in [9.17, 15) is 4.79 Å². The van der Waals surface area contributed by atoms with Crippen LogP contribution in [0.5, 0.6) is 0 Å². The average molecular weight is 492 g/mol.